The molecule has 2 heterocycles. The van der Waals surface area contributed by atoms with Gasteiger partial charge in [0.2, 0.25) is 5.91 Å². The number of nitrogens with zero attached hydrogens (tertiary/aromatic N) is 3. The summed E-state index contributed by atoms with van der Waals surface area (Å²) in [7, 11) is 4.35. The molecule has 0 saturated carbocycles. The summed E-state index contributed by atoms with van der Waals surface area (Å²) < 4.78 is 0. The van der Waals surface area contributed by atoms with Gasteiger partial charge in [-0.3, -0.25) is 9.69 Å². The Morgan fingerprint density at radius 3 is 2.74 bits per heavy atom. The maximum absolute atomic E-state index is 12.6. The van der Waals surface area contributed by atoms with Crippen molar-refractivity contribution in [2.75, 3.05) is 51.8 Å². The van der Waals surface area contributed by atoms with Crippen molar-refractivity contribution in [3.8, 4) is 0 Å². The Bertz CT molecular complexity index is 621. The van der Waals surface area contributed by atoms with E-state index in [4.69, 9.17) is 11.6 Å². The van der Waals surface area contributed by atoms with Gasteiger partial charge in [0.25, 0.3) is 0 Å². The van der Waals surface area contributed by atoms with E-state index in [0.29, 0.717) is 24.3 Å². The summed E-state index contributed by atoms with van der Waals surface area (Å²) in [5, 5.41) is 0.803. The van der Waals surface area contributed by atoms with Crippen molar-refractivity contribution in [2.24, 2.45) is 5.92 Å². The van der Waals surface area contributed by atoms with Gasteiger partial charge in [0.1, 0.15) is 0 Å². The lowest BCUT2D eigenvalue weighted by Gasteiger charge is -2.42. The highest BCUT2D eigenvalue weighted by molar-refractivity contribution is 7.99. The molecule has 2 atom stereocenters. The number of benzene rings is 1. The van der Waals surface area contributed by atoms with Crippen LogP contribution >= 0.6 is 23.4 Å². The third-order valence-electron chi connectivity index (χ3n) is 5.83. The number of thioether (sulfide) groups is 1. The van der Waals surface area contributed by atoms with E-state index in [-0.39, 0.29) is 0 Å². The molecule has 2 saturated heterocycles. The third kappa shape index (κ3) is 6.11. The summed E-state index contributed by atoms with van der Waals surface area (Å²) in [5.74, 6) is 3.06. The minimum atomic E-state index is 0.347. The van der Waals surface area contributed by atoms with Crippen LogP contribution in [-0.2, 0) is 11.3 Å². The van der Waals surface area contributed by atoms with E-state index in [9.17, 15) is 4.79 Å². The van der Waals surface area contributed by atoms with Gasteiger partial charge in [0.15, 0.2) is 0 Å². The zero-order valence-corrected chi connectivity index (χ0v) is 18.1. The largest absolute Gasteiger partial charge is 0.341 e. The number of halogens is 1. The number of hydrogen-bond acceptors (Lipinski definition) is 4. The monoisotopic (exact) mass is 409 g/mol. The first-order valence-corrected chi connectivity index (χ1v) is 11.5. The standard InChI is InChI=1S/C21H32ClN3OS/c1-23(2)20-8-9-24(15-17-4-3-5-19(22)14-17)16-18(20)6-7-21(26)25-10-12-27-13-11-25/h3-5,14,18,20H,6-13,15-16H2,1-2H3/t18-,20+/m0/s1. The first kappa shape index (κ1) is 21.0. The number of amides is 1. The fraction of sp³-hybridized carbons (Fsp3) is 0.667. The molecular weight excluding hydrogens is 378 g/mol. The van der Waals surface area contributed by atoms with Gasteiger partial charge in [-0.1, -0.05) is 23.7 Å². The highest BCUT2D eigenvalue weighted by atomic mass is 35.5. The van der Waals surface area contributed by atoms with E-state index in [1.165, 1.54) is 5.56 Å². The van der Waals surface area contributed by atoms with Crippen LogP contribution < -0.4 is 0 Å². The lowest BCUT2D eigenvalue weighted by atomic mass is 9.87. The lowest BCUT2D eigenvalue weighted by Crippen LogP contribution is -2.49. The molecular formula is C21H32ClN3OS. The van der Waals surface area contributed by atoms with Crippen LogP contribution in [0.5, 0.6) is 0 Å². The van der Waals surface area contributed by atoms with Crippen molar-refractivity contribution in [1.29, 1.82) is 0 Å². The molecule has 0 spiro atoms. The smallest absolute Gasteiger partial charge is 0.222 e. The molecule has 0 radical (unpaired) electrons. The normalized spacial score (nSPS) is 24.4. The van der Waals surface area contributed by atoms with Gasteiger partial charge in [-0.05, 0) is 57.1 Å². The number of hydrogen-bond donors (Lipinski definition) is 0. The fourth-order valence-electron chi connectivity index (χ4n) is 4.38. The van der Waals surface area contributed by atoms with Gasteiger partial charge >= 0.3 is 0 Å². The Hall–Kier alpha value is -0.750. The second kappa shape index (κ2) is 10.1. The molecule has 4 nitrogen and oxygen atoms in total. The predicted octanol–water partition coefficient (Wildman–Crippen LogP) is 3.45. The first-order chi connectivity index (χ1) is 13.0. The lowest BCUT2D eigenvalue weighted by molar-refractivity contribution is -0.131. The topological polar surface area (TPSA) is 26.8 Å². The summed E-state index contributed by atoms with van der Waals surface area (Å²) in [4.78, 5) is 19.5. The Balaban J connectivity index is 1.56. The molecule has 1 amide bonds. The summed E-state index contributed by atoms with van der Waals surface area (Å²) in [6.45, 7) is 4.94. The Morgan fingerprint density at radius 2 is 2.04 bits per heavy atom. The molecule has 2 aliphatic heterocycles. The number of carbonyl (C=O) groups excluding carboxylic acids is 1. The van der Waals surface area contributed by atoms with E-state index in [1.807, 2.05) is 23.9 Å². The zero-order valence-electron chi connectivity index (χ0n) is 16.6. The molecule has 0 aromatic heterocycles. The molecule has 0 unspecified atom stereocenters. The molecule has 3 rings (SSSR count). The van der Waals surface area contributed by atoms with E-state index >= 15 is 0 Å². The number of piperidine rings is 1. The third-order valence-corrected chi connectivity index (χ3v) is 7.01. The molecule has 6 heteroatoms. The van der Waals surface area contributed by atoms with Crippen molar-refractivity contribution in [2.45, 2.75) is 31.8 Å². The average Bonchev–Trinajstić information content (AvgIpc) is 2.66. The summed E-state index contributed by atoms with van der Waals surface area (Å²) >= 11 is 8.10. The molecule has 0 N–H and O–H groups in total. The van der Waals surface area contributed by atoms with E-state index < -0.39 is 0 Å². The summed E-state index contributed by atoms with van der Waals surface area (Å²) in [6.07, 6.45) is 2.83. The van der Waals surface area contributed by atoms with Crippen molar-refractivity contribution in [3.05, 3.63) is 34.9 Å². The highest BCUT2D eigenvalue weighted by Crippen LogP contribution is 2.27. The van der Waals surface area contributed by atoms with Crippen molar-refractivity contribution in [3.63, 3.8) is 0 Å². The van der Waals surface area contributed by atoms with Gasteiger partial charge in [-0.2, -0.15) is 11.8 Å². The van der Waals surface area contributed by atoms with Gasteiger partial charge in [0, 0.05) is 55.2 Å². The Labute approximate surface area is 173 Å². The van der Waals surface area contributed by atoms with E-state index in [1.54, 1.807) is 0 Å². The van der Waals surface area contributed by atoms with E-state index in [2.05, 4.69) is 40.9 Å². The number of likely N-dealkylation sites (tertiary alicyclic amines) is 1. The molecule has 0 bridgehead atoms. The highest BCUT2D eigenvalue weighted by Gasteiger charge is 2.31. The Kier molecular flexibility index (Phi) is 7.88. The SMILES string of the molecule is CN(C)[C@@H]1CCN(Cc2cccc(Cl)c2)C[C@@H]1CCC(=O)N1CCSCC1. The average molecular weight is 410 g/mol. The molecule has 1 aromatic rings. The minimum Gasteiger partial charge on any atom is -0.341 e. The number of carbonyl (C=O) groups is 1. The summed E-state index contributed by atoms with van der Waals surface area (Å²) in [6, 6.07) is 8.72. The number of rotatable bonds is 6. The fourth-order valence-corrected chi connectivity index (χ4v) is 5.49. The molecule has 1 aromatic carbocycles. The van der Waals surface area contributed by atoms with Crippen LogP contribution in [0.2, 0.25) is 5.02 Å². The predicted molar refractivity (Wildman–Crippen MR) is 115 cm³/mol. The van der Waals surface area contributed by atoms with Crippen LogP contribution in [0, 0.1) is 5.92 Å². The maximum Gasteiger partial charge on any atom is 0.222 e. The van der Waals surface area contributed by atoms with Crippen LogP contribution in [0.25, 0.3) is 0 Å². The minimum absolute atomic E-state index is 0.347. The second-order valence-corrected chi connectivity index (χ2v) is 9.64. The van der Waals surface area contributed by atoms with Crippen molar-refractivity contribution >= 4 is 29.3 Å². The Morgan fingerprint density at radius 1 is 1.26 bits per heavy atom. The summed E-state index contributed by atoms with van der Waals surface area (Å²) in [5.41, 5.74) is 1.27. The van der Waals surface area contributed by atoms with Crippen LogP contribution in [0.3, 0.4) is 0 Å². The van der Waals surface area contributed by atoms with Crippen molar-refractivity contribution in [1.82, 2.24) is 14.7 Å². The van der Waals surface area contributed by atoms with Crippen LogP contribution in [0.15, 0.2) is 24.3 Å². The second-order valence-electron chi connectivity index (χ2n) is 7.98. The van der Waals surface area contributed by atoms with Gasteiger partial charge in [-0.15, -0.1) is 0 Å². The molecule has 2 fully saturated rings. The quantitative estimate of drug-likeness (QED) is 0.719. The maximum atomic E-state index is 12.6. The molecule has 150 valence electrons. The van der Waals surface area contributed by atoms with Gasteiger partial charge in [0.05, 0.1) is 0 Å². The van der Waals surface area contributed by atoms with Crippen molar-refractivity contribution < 1.29 is 4.79 Å². The molecule has 27 heavy (non-hydrogen) atoms. The first-order valence-electron chi connectivity index (χ1n) is 10.0. The van der Waals surface area contributed by atoms with Crippen LogP contribution in [0.4, 0.5) is 0 Å². The van der Waals surface area contributed by atoms with Crippen LogP contribution in [-0.4, -0.2) is 78.4 Å². The molecule has 0 aliphatic carbocycles. The van der Waals surface area contributed by atoms with Gasteiger partial charge < -0.3 is 9.80 Å². The van der Waals surface area contributed by atoms with Gasteiger partial charge in [-0.25, -0.2) is 0 Å². The van der Waals surface area contributed by atoms with E-state index in [0.717, 1.165) is 62.1 Å². The zero-order chi connectivity index (χ0) is 19.2. The molecule has 2 aliphatic rings. The van der Waals surface area contributed by atoms with Crippen LogP contribution in [0.1, 0.15) is 24.8 Å².